The zero-order chi connectivity index (χ0) is 23.3. The predicted molar refractivity (Wildman–Crippen MR) is 139 cm³/mol. The minimum Gasteiger partial charge on any atom is -0.465 e. The molecular weight excluding hydrogens is 436 g/mol. The average Bonchev–Trinajstić information content (AvgIpc) is 3.13. The molecule has 0 saturated carbocycles. The molecule has 168 valence electrons. The summed E-state index contributed by atoms with van der Waals surface area (Å²) in [5, 5.41) is 7.72. The molecule has 0 aliphatic rings. The van der Waals surface area contributed by atoms with Crippen LogP contribution in [0.4, 0.5) is 5.00 Å². The molecule has 0 saturated heterocycles. The van der Waals surface area contributed by atoms with Crippen LogP contribution in [0.1, 0.15) is 65.5 Å². The number of benzene rings is 2. The second-order valence-electron chi connectivity index (χ2n) is 7.89. The Balaban J connectivity index is 1.79. The highest BCUT2D eigenvalue weighted by molar-refractivity contribution is 7.80. The molecule has 2 atom stereocenters. The lowest BCUT2D eigenvalue weighted by Crippen LogP contribution is -2.31. The van der Waals surface area contributed by atoms with Gasteiger partial charge < -0.3 is 15.4 Å². The van der Waals surface area contributed by atoms with Crippen LogP contribution in [0.3, 0.4) is 0 Å². The normalized spacial score (nSPS) is 12.7. The maximum absolute atomic E-state index is 12.7. The van der Waals surface area contributed by atoms with Gasteiger partial charge in [0.15, 0.2) is 5.11 Å². The number of hydrogen-bond donors (Lipinski definition) is 2. The molecule has 0 radical (unpaired) electrons. The number of nitrogens with one attached hydrogen (secondary N) is 2. The summed E-state index contributed by atoms with van der Waals surface area (Å²) >= 11 is 7.08. The monoisotopic (exact) mass is 466 g/mol. The highest BCUT2D eigenvalue weighted by Gasteiger charge is 2.24. The van der Waals surface area contributed by atoms with Crippen LogP contribution >= 0.6 is 23.6 Å². The van der Waals surface area contributed by atoms with E-state index in [1.54, 1.807) is 0 Å². The number of aryl methyl sites for hydroxylation is 1. The Morgan fingerprint density at radius 3 is 2.28 bits per heavy atom. The van der Waals surface area contributed by atoms with Gasteiger partial charge in [0.1, 0.15) is 10.6 Å². The van der Waals surface area contributed by atoms with Crippen molar-refractivity contribution in [2.45, 2.75) is 46.1 Å². The van der Waals surface area contributed by atoms with Crippen molar-refractivity contribution in [1.82, 2.24) is 5.32 Å². The molecule has 3 rings (SSSR count). The average molecular weight is 467 g/mol. The molecule has 1 aromatic heterocycles. The number of thiophene rings is 1. The Morgan fingerprint density at radius 1 is 1.06 bits per heavy atom. The number of methoxy groups -OCH3 is 1. The Kier molecular flexibility index (Phi) is 8.04. The molecule has 2 N–H and O–H groups in total. The van der Waals surface area contributed by atoms with E-state index in [9.17, 15) is 4.79 Å². The van der Waals surface area contributed by atoms with Gasteiger partial charge in [0.25, 0.3) is 0 Å². The molecule has 3 aromatic rings. The number of esters is 1. The lowest BCUT2D eigenvalue weighted by Gasteiger charge is -2.18. The number of hydrogen-bond acceptors (Lipinski definition) is 4. The van der Waals surface area contributed by atoms with Crippen molar-refractivity contribution in [3.05, 3.63) is 76.2 Å². The maximum atomic E-state index is 12.7. The number of carbonyl (C=O) groups excluding carboxylic acids is 1. The highest BCUT2D eigenvalue weighted by atomic mass is 32.1. The zero-order valence-electron chi connectivity index (χ0n) is 19.2. The first-order valence-electron chi connectivity index (χ1n) is 10.8. The smallest absolute Gasteiger partial charge is 0.341 e. The Hall–Kier alpha value is -2.70. The van der Waals surface area contributed by atoms with Crippen LogP contribution in [-0.4, -0.2) is 18.2 Å². The van der Waals surface area contributed by atoms with E-state index in [4.69, 9.17) is 17.0 Å². The summed E-state index contributed by atoms with van der Waals surface area (Å²) in [5.74, 6) is 0.167. The first kappa shape index (κ1) is 24.0. The topological polar surface area (TPSA) is 50.4 Å². The van der Waals surface area contributed by atoms with E-state index in [1.165, 1.54) is 24.0 Å². The molecular formula is C26H30N2O2S2. The molecule has 0 fully saturated rings. The van der Waals surface area contributed by atoms with Gasteiger partial charge in [0.2, 0.25) is 0 Å². The van der Waals surface area contributed by atoms with Crippen LogP contribution in [0.25, 0.3) is 11.1 Å². The molecule has 2 unspecified atom stereocenters. The van der Waals surface area contributed by atoms with Crippen molar-refractivity contribution in [2.24, 2.45) is 0 Å². The summed E-state index contributed by atoms with van der Waals surface area (Å²) in [7, 11) is 1.40. The van der Waals surface area contributed by atoms with E-state index in [1.807, 2.05) is 37.3 Å². The third-order valence-electron chi connectivity index (χ3n) is 5.73. The number of rotatable bonds is 7. The van der Waals surface area contributed by atoms with Gasteiger partial charge in [0, 0.05) is 10.4 Å². The van der Waals surface area contributed by atoms with Gasteiger partial charge in [-0.1, -0.05) is 68.4 Å². The molecule has 0 spiro atoms. The molecule has 0 aliphatic carbocycles. The molecule has 6 heteroatoms. The van der Waals surface area contributed by atoms with Crippen LogP contribution < -0.4 is 10.6 Å². The van der Waals surface area contributed by atoms with Crippen molar-refractivity contribution < 1.29 is 9.53 Å². The molecule has 1 heterocycles. The minimum absolute atomic E-state index is 0.0252. The first-order chi connectivity index (χ1) is 15.3. The van der Waals surface area contributed by atoms with Gasteiger partial charge in [-0.15, -0.1) is 11.3 Å². The number of carbonyl (C=O) groups is 1. The van der Waals surface area contributed by atoms with Crippen LogP contribution in [-0.2, 0) is 4.74 Å². The molecule has 0 bridgehead atoms. The minimum atomic E-state index is -0.382. The first-order valence-corrected chi connectivity index (χ1v) is 12.0. The largest absolute Gasteiger partial charge is 0.465 e. The fraction of sp³-hybridized carbons (Fsp3) is 0.308. The fourth-order valence-corrected chi connectivity index (χ4v) is 5.06. The quantitative estimate of drug-likeness (QED) is 0.288. The summed E-state index contributed by atoms with van der Waals surface area (Å²) in [5.41, 5.74) is 4.86. The van der Waals surface area contributed by atoms with Crippen LogP contribution in [0.15, 0.2) is 54.6 Å². The van der Waals surface area contributed by atoms with Crippen LogP contribution in [0, 0.1) is 6.92 Å². The van der Waals surface area contributed by atoms with E-state index >= 15 is 0 Å². The van der Waals surface area contributed by atoms with Crippen molar-refractivity contribution in [3.63, 3.8) is 0 Å². The number of ether oxygens (including phenoxy) is 1. The molecule has 0 amide bonds. The maximum Gasteiger partial charge on any atom is 0.341 e. The van der Waals surface area contributed by atoms with Crippen molar-refractivity contribution in [3.8, 4) is 11.1 Å². The molecule has 2 aromatic carbocycles. The van der Waals surface area contributed by atoms with Crippen molar-refractivity contribution >= 4 is 39.6 Å². The highest BCUT2D eigenvalue weighted by Crippen LogP contribution is 2.40. The SMILES string of the molecule is CCC(C)c1ccc(C(C)NC(=S)Nc2sc(C)c(-c3ccccc3)c2C(=O)OC)cc1. The van der Waals surface area contributed by atoms with Gasteiger partial charge in [-0.05, 0) is 55.1 Å². The van der Waals surface area contributed by atoms with Gasteiger partial charge in [-0.25, -0.2) is 4.79 Å². The fourth-order valence-electron chi connectivity index (χ4n) is 3.65. The lowest BCUT2D eigenvalue weighted by molar-refractivity contribution is 0.0603. The van der Waals surface area contributed by atoms with Gasteiger partial charge in [-0.3, -0.25) is 0 Å². The standard InChI is InChI=1S/C26H30N2O2S2/c1-6-16(2)19-12-14-20(15-13-19)17(3)27-26(31)28-24-23(25(29)30-5)22(18(4)32-24)21-10-8-7-9-11-21/h7-17H,6H2,1-5H3,(H2,27,28,31). The molecule has 0 aliphatic heterocycles. The van der Waals surface area contributed by atoms with Crippen LogP contribution in [0.5, 0.6) is 0 Å². The third-order valence-corrected chi connectivity index (χ3v) is 6.97. The Morgan fingerprint density at radius 2 is 1.69 bits per heavy atom. The van der Waals surface area contributed by atoms with Crippen molar-refractivity contribution in [2.75, 3.05) is 12.4 Å². The van der Waals surface area contributed by atoms with E-state index < -0.39 is 0 Å². The van der Waals surface area contributed by atoms with Crippen LogP contribution in [0.2, 0.25) is 0 Å². The second kappa shape index (κ2) is 10.7. The van der Waals surface area contributed by atoms with E-state index in [2.05, 4.69) is 55.7 Å². The number of thiocarbonyl (C=S) groups is 1. The number of anilines is 1. The third kappa shape index (κ3) is 5.37. The van der Waals surface area contributed by atoms with E-state index in [0.717, 1.165) is 28.0 Å². The van der Waals surface area contributed by atoms with E-state index in [0.29, 0.717) is 21.6 Å². The predicted octanol–water partition coefficient (Wildman–Crippen LogP) is 7.07. The van der Waals surface area contributed by atoms with Gasteiger partial charge >= 0.3 is 5.97 Å². The Bertz CT molecular complexity index is 1080. The van der Waals surface area contributed by atoms with Crippen molar-refractivity contribution in [1.29, 1.82) is 0 Å². The zero-order valence-corrected chi connectivity index (χ0v) is 20.8. The summed E-state index contributed by atoms with van der Waals surface area (Å²) in [6, 6.07) is 18.5. The van der Waals surface area contributed by atoms with E-state index in [-0.39, 0.29) is 12.0 Å². The van der Waals surface area contributed by atoms with Gasteiger partial charge in [-0.2, -0.15) is 0 Å². The summed E-state index contributed by atoms with van der Waals surface area (Å²) in [6.07, 6.45) is 1.12. The summed E-state index contributed by atoms with van der Waals surface area (Å²) < 4.78 is 5.09. The second-order valence-corrected chi connectivity index (χ2v) is 9.52. The lowest BCUT2D eigenvalue weighted by atomic mass is 9.96. The van der Waals surface area contributed by atoms with Gasteiger partial charge in [0.05, 0.1) is 13.2 Å². The molecule has 32 heavy (non-hydrogen) atoms. The summed E-state index contributed by atoms with van der Waals surface area (Å²) in [6.45, 7) is 8.51. The molecule has 4 nitrogen and oxygen atoms in total. The summed E-state index contributed by atoms with van der Waals surface area (Å²) in [4.78, 5) is 13.7. The Labute approximate surface area is 200 Å².